The zero-order chi connectivity index (χ0) is 14.0. The largest absolute Gasteiger partial charge is 0.478 e. The molecule has 1 aliphatic heterocycles. The van der Waals surface area contributed by atoms with Gasteiger partial charge in [-0.25, -0.2) is 13.2 Å². The van der Waals surface area contributed by atoms with E-state index in [4.69, 9.17) is 9.84 Å². The number of sulfone groups is 1. The fourth-order valence-corrected chi connectivity index (χ4v) is 3.83. The van der Waals surface area contributed by atoms with E-state index in [-0.39, 0.29) is 17.1 Å². The van der Waals surface area contributed by atoms with Crippen molar-refractivity contribution in [2.24, 2.45) is 0 Å². The van der Waals surface area contributed by atoms with E-state index in [9.17, 15) is 13.2 Å². The van der Waals surface area contributed by atoms with Gasteiger partial charge in [-0.15, -0.1) is 0 Å². The van der Waals surface area contributed by atoms with Crippen LogP contribution in [0.2, 0.25) is 0 Å². The highest BCUT2D eigenvalue weighted by atomic mass is 32.2. The lowest BCUT2D eigenvalue weighted by Gasteiger charge is -2.22. The van der Waals surface area contributed by atoms with Crippen LogP contribution in [0.1, 0.15) is 28.8 Å². The van der Waals surface area contributed by atoms with E-state index < -0.39 is 21.1 Å². The molecule has 1 fully saturated rings. The SMILES string of the molecule is Cc1ccc(S(=O)(=O)C2CCCOC2)cc1C(=O)O. The Morgan fingerprint density at radius 1 is 1.42 bits per heavy atom. The number of ether oxygens (including phenoxy) is 1. The molecular weight excluding hydrogens is 268 g/mol. The molecule has 5 nitrogen and oxygen atoms in total. The summed E-state index contributed by atoms with van der Waals surface area (Å²) in [6, 6.07) is 4.23. The monoisotopic (exact) mass is 284 g/mol. The lowest BCUT2D eigenvalue weighted by atomic mass is 10.1. The quantitative estimate of drug-likeness (QED) is 0.912. The third-order valence-corrected chi connectivity index (χ3v) is 5.49. The van der Waals surface area contributed by atoms with Crippen molar-refractivity contribution in [2.75, 3.05) is 13.2 Å². The van der Waals surface area contributed by atoms with Gasteiger partial charge in [0.05, 0.1) is 22.3 Å². The highest BCUT2D eigenvalue weighted by molar-refractivity contribution is 7.92. The van der Waals surface area contributed by atoms with Gasteiger partial charge in [0.25, 0.3) is 0 Å². The number of aryl methyl sites for hydroxylation is 1. The van der Waals surface area contributed by atoms with Gasteiger partial charge in [-0.3, -0.25) is 0 Å². The topological polar surface area (TPSA) is 80.7 Å². The molecule has 1 aromatic rings. The van der Waals surface area contributed by atoms with Crippen LogP contribution in [-0.4, -0.2) is 38.0 Å². The summed E-state index contributed by atoms with van der Waals surface area (Å²) in [5.74, 6) is -1.12. The molecule has 6 heteroatoms. The minimum Gasteiger partial charge on any atom is -0.478 e. The van der Waals surface area contributed by atoms with Gasteiger partial charge in [0, 0.05) is 6.61 Å². The van der Waals surface area contributed by atoms with Crippen LogP contribution in [0.15, 0.2) is 23.1 Å². The van der Waals surface area contributed by atoms with Crippen LogP contribution >= 0.6 is 0 Å². The smallest absolute Gasteiger partial charge is 0.335 e. The summed E-state index contributed by atoms with van der Waals surface area (Å²) in [6.07, 6.45) is 1.26. The summed E-state index contributed by atoms with van der Waals surface area (Å²) in [5, 5.41) is 8.47. The van der Waals surface area contributed by atoms with Crippen molar-refractivity contribution in [2.45, 2.75) is 29.9 Å². The minimum absolute atomic E-state index is 0.0257. The number of hydrogen-bond acceptors (Lipinski definition) is 4. The van der Waals surface area contributed by atoms with Crippen molar-refractivity contribution in [1.29, 1.82) is 0 Å². The van der Waals surface area contributed by atoms with Crippen molar-refractivity contribution in [3.05, 3.63) is 29.3 Å². The highest BCUT2D eigenvalue weighted by Gasteiger charge is 2.30. The maximum Gasteiger partial charge on any atom is 0.335 e. The Morgan fingerprint density at radius 2 is 2.16 bits per heavy atom. The summed E-state index contributed by atoms with van der Waals surface area (Å²) in [6.45, 7) is 2.41. The van der Waals surface area contributed by atoms with Gasteiger partial charge < -0.3 is 9.84 Å². The average molecular weight is 284 g/mol. The molecular formula is C13H16O5S. The Morgan fingerprint density at radius 3 is 2.74 bits per heavy atom. The molecule has 0 aromatic heterocycles. The second-order valence-corrected chi connectivity index (χ2v) is 6.89. The molecule has 1 heterocycles. The third kappa shape index (κ3) is 2.79. The number of aromatic carboxylic acids is 1. The Balaban J connectivity index is 2.40. The van der Waals surface area contributed by atoms with E-state index in [2.05, 4.69) is 0 Å². The molecule has 19 heavy (non-hydrogen) atoms. The van der Waals surface area contributed by atoms with Crippen LogP contribution in [0.5, 0.6) is 0 Å². The number of hydrogen-bond donors (Lipinski definition) is 1. The number of carbonyl (C=O) groups is 1. The molecule has 1 saturated heterocycles. The van der Waals surface area contributed by atoms with Gasteiger partial charge in [-0.1, -0.05) is 6.07 Å². The zero-order valence-corrected chi connectivity index (χ0v) is 11.4. The highest BCUT2D eigenvalue weighted by Crippen LogP contribution is 2.24. The molecule has 1 aromatic carbocycles. The fraction of sp³-hybridized carbons (Fsp3) is 0.462. The first-order valence-electron chi connectivity index (χ1n) is 6.08. The number of carboxylic acid groups (broad SMARTS) is 1. The van der Waals surface area contributed by atoms with Crippen LogP contribution in [-0.2, 0) is 14.6 Å². The molecule has 0 saturated carbocycles. The number of rotatable bonds is 3. The van der Waals surface area contributed by atoms with Crippen molar-refractivity contribution in [1.82, 2.24) is 0 Å². The first-order chi connectivity index (χ1) is 8.93. The maximum absolute atomic E-state index is 12.4. The van der Waals surface area contributed by atoms with E-state index in [1.165, 1.54) is 18.2 Å². The summed E-state index contributed by atoms with van der Waals surface area (Å²) in [7, 11) is -3.52. The maximum atomic E-state index is 12.4. The van der Waals surface area contributed by atoms with Crippen molar-refractivity contribution in [3.8, 4) is 0 Å². The van der Waals surface area contributed by atoms with Gasteiger partial charge in [0.2, 0.25) is 0 Å². The molecule has 2 rings (SSSR count). The first kappa shape index (κ1) is 14.0. The van der Waals surface area contributed by atoms with Gasteiger partial charge in [0.15, 0.2) is 9.84 Å². The molecule has 1 aliphatic rings. The predicted octanol–water partition coefficient (Wildman–Crippen LogP) is 1.65. The number of benzene rings is 1. The van der Waals surface area contributed by atoms with Crippen molar-refractivity contribution >= 4 is 15.8 Å². The lowest BCUT2D eigenvalue weighted by molar-refractivity contribution is 0.0696. The average Bonchev–Trinajstić information content (AvgIpc) is 2.39. The first-order valence-corrected chi connectivity index (χ1v) is 7.63. The fourth-order valence-electron chi connectivity index (χ4n) is 2.16. The van der Waals surface area contributed by atoms with Crippen LogP contribution < -0.4 is 0 Å². The summed E-state index contributed by atoms with van der Waals surface area (Å²) >= 11 is 0. The van der Waals surface area contributed by atoms with Crippen molar-refractivity contribution in [3.63, 3.8) is 0 Å². The molecule has 0 aliphatic carbocycles. The normalized spacial score (nSPS) is 20.2. The third-order valence-electron chi connectivity index (χ3n) is 3.33. The molecule has 1 atom stereocenters. The molecule has 1 N–H and O–H groups in total. The second-order valence-electron chi connectivity index (χ2n) is 4.67. The molecule has 1 unspecified atom stereocenters. The van der Waals surface area contributed by atoms with Crippen LogP contribution in [0.3, 0.4) is 0 Å². The molecule has 0 radical (unpaired) electrons. The van der Waals surface area contributed by atoms with Gasteiger partial charge in [0.1, 0.15) is 0 Å². The Labute approximate surface area is 112 Å². The van der Waals surface area contributed by atoms with E-state index in [1.54, 1.807) is 6.92 Å². The Kier molecular flexibility index (Phi) is 3.91. The van der Waals surface area contributed by atoms with Crippen molar-refractivity contribution < 1.29 is 23.1 Å². The van der Waals surface area contributed by atoms with E-state index in [1.807, 2.05) is 0 Å². The van der Waals surface area contributed by atoms with Crippen LogP contribution in [0, 0.1) is 6.92 Å². The Hall–Kier alpha value is -1.40. The van der Waals surface area contributed by atoms with E-state index in [0.29, 0.717) is 25.0 Å². The summed E-state index contributed by atoms with van der Waals surface area (Å²) in [5.41, 5.74) is 0.573. The molecule has 104 valence electrons. The lowest BCUT2D eigenvalue weighted by Crippen LogP contribution is -2.31. The minimum atomic E-state index is -3.52. The summed E-state index contributed by atoms with van der Waals surface area (Å²) in [4.78, 5) is 11.1. The zero-order valence-electron chi connectivity index (χ0n) is 10.6. The number of carboxylic acids is 1. The summed E-state index contributed by atoms with van der Waals surface area (Å²) < 4.78 is 30.0. The Bertz CT molecular complexity index is 585. The standard InChI is InChI=1S/C13H16O5S/c1-9-4-5-10(7-12(9)13(14)15)19(16,17)11-3-2-6-18-8-11/h4-5,7,11H,2-3,6,8H2,1H3,(H,14,15). The van der Waals surface area contributed by atoms with Gasteiger partial charge in [-0.05, 0) is 37.5 Å². The van der Waals surface area contributed by atoms with Gasteiger partial charge >= 0.3 is 5.97 Å². The molecule has 0 spiro atoms. The predicted molar refractivity (Wildman–Crippen MR) is 69.2 cm³/mol. The molecule has 0 bridgehead atoms. The second kappa shape index (κ2) is 5.30. The van der Waals surface area contributed by atoms with Crippen LogP contribution in [0.25, 0.3) is 0 Å². The molecule has 0 amide bonds. The van der Waals surface area contributed by atoms with E-state index in [0.717, 1.165) is 0 Å². The van der Waals surface area contributed by atoms with Gasteiger partial charge in [-0.2, -0.15) is 0 Å². The van der Waals surface area contributed by atoms with E-state index >= 15 is 0 Å². The van der Waals surface area contributed by atoms with Crippen LogP contribution in [0.4, 0.5) is 0 Å².